The van der Waals surface area contributed by atoms with E-state index < -0.39 is 5.91 Å². The molecule has 0 saturated carbocycles. The first-order valence-corrected chi connectivity index (χ1v) is 8.28. The van der Waals surface area contributed by atoms with Crippen molar-refractivity contribution in [3.8, 4) is 11.4 Å². The number of nitrogens with zero attached hydrogens (tertiary/aromatic N) is 5. The molecule has 0 bridgehead atoms. The van der Waals surface area contributed by atoms with Crippen molar-refractivity contribution in [3.05, 3.63) is 53.6 Å². The number of aromatic nitrogens is 5. The summed E-state index contributed by atoms with van der Waals surface area (Å²) in [4.78, 5) is 12.6. The van der Waals surface area contributed by atoms with Crippen molar-refractivity contribution < 1.29 is 14.6 Å². The fraction of sp³-hybridized carbons (Fsp3) is 0.250. The van der Waals surface area contributed by atoms with Gasteiger partial charge in [0.25, 0.3) is 5.91 Å². The Bertz CT molecular complexity index is 926. The van der Waals surface area contributed by atoms with Gasteiger partial charge in [-0.25, -0.2) is 9.36 Å². The summed E-state index contributed by atoms with van der Waals surface area (Å²) in [6.07, 6.45) is 4.64. The van der Waals surface area contributed by atoms with Gasteiger partial charge in [0.1, 0.15) is 0 Å². The van der Waals surface area contributed by atoms with Crippen molar-refractivity contribution in [2.24, 2.45) is 0 Å². The van der Waals surface area contributed by atoms with Gasteiger partial charge in [-0.1, -0.05) is 22.9 Å². The molecule has 0 aliphatic carbocycles. The number of halogens is 1. The van der Waals surface area contributed by atoms with Crippen molar-refractivity contribution in [3.63, 3.8) is 0 Å². The van der Waals surface area contributed by atoms with Gasteiger partial charge in [-0.05, 0) is 18.2 Å². The van der Waals surface area contributed by atoms with Gasteiger partial charge in [-0.15, -0.1) is 5.10 Å². The molecular weight excluding hydrogens is 360 g/mol. The number of carbonyl (C=O) groups is 1. The number of hydrogen-bond acceptors (Lipinski definition) is 6. The van der Waals surface area contributed by atoms with Crippen LogP contribution in [0.4, 0.5) is 0 Å². The third kappa shape index (κ3) is 3.14. The van der Waals surface area contributed by atoms with Gasteiger partial charge < -0.3 is 15.2 Å². The highest BCUT2D eigenvalue weighted by Crippen LogP contribution is 2.22. The minimum atomic E-state index is -0.496. The zero-order valence-electron chi connectivity index (χ0n) is 13.5. The molecule has 4 rings (SSSR count). The van der Waals surface area contributed by atoms with Crippen molar-refractivity contribution in [1.29, 1.82) is 0 Å². The van der Waals surface area contributed by atoms with Crippen LogP contribution in [0.2, 0.25) is 5.02 Å². The van der Waals surface area contributed by atoms with Crippen LogP contribution in [0.25, 0.3) is 5.69 Å². The number of ether oxygens (including phenoxy) is 1. The summed E-state index contributed by atoms with van der Waals surface area (Å²) in [6, 6.07) is 6.46. The molecule has 0 radical (unpaired) electrons. The molecular formula is C16H15ClN6O3. The minimum Gasteiger partial charge on any atom is -0.504 e. The smallest absolute Gasteiger partial charge is 0.276 e. The summed E-state index contributed by atoms with van der Waals surface area (Å²) in [7, 11) is 0. The third-order valence-corrected chi connectivity index (χ3v) is 4.37. The Kier molecular flexibility index (Phi) is 4.31. The second kappa shape index (κ2) is 6.77. The molecule has 0 spiro atoms. The fourth-order valence-electron chi connectivity index (χ4n) is 2.85. The van der Waals surface area contributed by atoms with Gasteiger partial charge in [0.2, 0.25) is 0 Å². The molecule has 1 aliphatic heterocycles. The molecule has 2 N–H and O–H groups in total. The number of benzene rings is 1. The van der Waals surface area contributed by atoms with Crippen LogP contribution in [0.15, 0.2) is 42.9 Å². The Morgan fingerprint density at radius 1 is 1.38 bits per heavy atom. The van der Waals surface area contributed by atoms with E-state index >= 15 is 0 Å². The number of aromatic hydroxyl groups is 1. The van der Waals surface area contributed by atoms with Crippen LogP contribution in [0, 0.1) is 0 Å². The number of nitrogens with one attached hydrogen (secondary N) is 1. The molecule has 3 heterocycles. The standard InChI is InChI=1S/C16H15ClN6O3/c17-10-2-1-3-11(6-10)23-7-14(24)15(20-23)16(25)19-12-8-26-9-13(12)22-5-4-18-21-22/h1-7,12-13,24H,8-9H2,(H,19,25)/t12-,13+/m0/s1. The summed E-state index contributed by atoms with van der Waals surface area (Å²) in [5.41, 5.74) is 0.561. The Labute approximate surface area is 153 Å². The SMILES string of the molecule is O=C(N[C@H]1COC[C@H]1n1ccnn1)c1nn(-c2cccc(Cl)c2)cc1O. The maximum atomic E-state index is 12.6. The summed E-state index contributed by atoms with van der Waals surface area (Å²) in [6.45, 7) is 0.753. The van der Waals surface area contributed by atoms with E-state index in [2.05, 4.69) is 20.7 Å². The van der Waals surface area contributed by atoms with Crippen LogP contribution in [-0.2, 0) is 4.74 Å². The zero-order chi connectivity index (χ0) is 18.1. The predicted octanol–water partition coefficient (Wildman–Crippen LogP) is 1.19. The van der Waals surface area contributed by atoms with Crippen LogP contribution < -0.4 is 5.32 Å². The van der Waals surface area contributed by atoms with Crippen LogP contribution in [0.5, 0.6) is 5.75 Å². The predicted molar refractivity (Wildman–Crippen MR) is 91.4 cm³/mol. The molecule has 134 valence electrons. The summed E-state index contributed by atoms with van der Waals surface area (Å²) >= 11 is 5.97. The van der Waals surface area contributed by atoms with Gasteiger partial charge in [0, 0.05) is 11.2 Å². The molecule has 26 heavy (non-hydrogen) atoms. The summed E-state index contributed by atoms with van der Waals surface area (Å²) in [5, 5.41) is 25.4. The molecule has 0 unspecified atom stereocenters. The van der Waals surface area contributed by atoms with Crippen molar-refractivity contribution >= 4 is 17.5 Å². The second-order valence-electron chi connectivity index (χ2n) is 5.86. The molecule has 1 saturated heterocycles. The number of amides is 1. The highest BCUT2D eigenvalue weighted by atomic mass is 35.5. The van der Waals surface area contributed by atoms with E-state index in [9.17, 15) is 9.90 Å². The van der Waals surface area contributed by atoms with E-state index in [0.717, 1.165) is 0 Å². The first kappa shape index (κ1) is 16.6. The molecule has 10 heteroatoms. The van der Waals surface area contributed by atoms with Gasteiger partial charge in [-0.3, -0.25) is 4.79 Å². The highest BCUT2D eigenvalue weighted by molar-refractivity contribution is 6.30. The maximum absolute atomic E-state index is 12.6. The van der Waals surface area contributed by atoms with Crippen molar-refractivity contribution in [2.45, 2.75) is 12.1 Å². The Balaban J connectivity index is 1.53. The molecule has 2 atom stereocenters. The first-order chi connectivity index (χ1) is 12.6. The Morgan fingerprint density at radius 2 is 2.27 bits per heavy atom. The van der Waals surface area contributed by atoms with Crippen LogP contribution in [-0.4, -0.2) is 55.0 Å². The number of rotatable bonds is 4. The Morgan fingerprint density at radius 3 is 3.04 bits per heavy atom. The van der Waals surface area contributed by atoms with E-state index in [1.165, 1.54) is 10.9 Å². The van der Waals surface area contributed by atoms with Crippen LogP contribution >= 0.6 is 11.6 Å². The molecule has 1 amide bonds. The third-order valence-electron chi connectivity index (χ3n) is 4.13. The monoisotopic (exact) mass is 374 g/mol. The summed E-state index contributed by atoms with van der Waals surface area (Å²) in [5.74, 6) is -0.720. The van der Waals surface area contributed by atoms with Crippen molar-refractivity contribution in [1.82, 2.24) is 30.1 Å². The quantitative estimate of drug-likeness (QED) is 0.710. The minimum absolute atomic E-state index is 0.0748. The van der Waals surface area contributed by atoms with Crippen LogP contribution in [0.3, 0.4) is 0 Å². The Hall–Kier alpha value is -2.91. The molecule has 1 aromatic carbocycles. The van der Waals surface area contributed by atoms with Crippen LogP contribution in [0.1, 0.15) is 16.5 Å². The van der Waals surface area contributed by atoms with E-state index in [0.29, 0.717) is 23.9 Å². The van der Waals surface area contributed by atoms with E-state index in [1.807, 2.05) is 0 Å². The number of hydrogen-bond donors (Lipinski definition) is 2. The number of carbonyl (C=O) groups excluding carboxylic acids is 1. The first-order valence-electron chi connectivity index (χ1n) is 7.91. The maximum Gasteiger partial charge on any atom is 0.276 e. The molecule has 1 aliphatic rings. The molecule has 1 fully saturated rings. The second-order valence-corrected chi connectivity index (χ2v) is 6.29. The van der Waals surface area contributed by atoms with E-state index in [1.54, 1.807) is 41.3 Å². The zero-order valence-corrected chi connectivity index (χ0v) is 14.2. The lowest BCUT2D eigenvalue weighted by molar-refractivity contribution is 0.0916. The lowest BCUT2D eigenvalue weighted by atomic mass is 10.1. The fourth-order valence-corrected chi connectivity index (χ4v) is 3.03. The van der Waals surface area contributed by atoms with Crippen molar-refractivity contribution in [2.75, 3.05) is 13.2 Å². The van der Waals surface area contributed by atoms with E-state index in [-0.39, 0.29) is 23.5 Å². The lowest BCUT2D eigenvalue weighted by Gasteiger charge is -2.18. The van der Waals surface area contributed by atoms with Gasteiger partial charge in [0.05, 0.1) is 43.4 Å². The van der Waals surface area contributed by atoms with Gasteiger partial charge in [0.15, 0.2) is 11.4 Å². The highest BCUT2D eigenvalue weighted by Gasteiger charge is 2.33. The summed E-state index contributed by atoms with van der Waals surface area (Å²) < 4.78 is 8.48. The average molecular weight is 375 g/mol. The topological polar surface area (TPSA) is 107 Å². The largest absolute Gasteiger partial charge is 0.504 e. The molecule has 3 aromatic rings. The average Bonchev–Trinajstić information content (AvgIpc) is 3.34. The van der Waals surface area contributed by atoms with E-state index in [4.69, 9.17) is 16.3 Å². The lowest BCUT2D eigenvalue weighted by Crippen LogP contribution is -2.41. The molecule has 9 nitrogen and oxygen atoms in total. The van der Waals surface area contributed by atoms with Gasteiger partial charge in [-0.2, -0.15) is 5.10 Å². The normalized spacial score (nSPS) is 19.6. The molecule has 2 aromatic heterocycles. The van der Waals surface area contributed by atoms with Gasteiger partial charge >= 0.3 is 0 Å².